The highest BCUT2D eigenvalue weighted by Gasteiger charge is 2.22. The van der Waals surface area contributed by atoms with Gasteiger partial charge in [0.15, 0.2) is 0 Å². The number of aromatic nitrogens is 2. The first-order valence-electron chi connectivity index (χ1n) is 4.92. The van der Waals surface area contributed by atoms with E-state index in [0.717, 1.165) is 36.7 Å². The summed E-state index contributed by atoms with van der Waals surface area (Å²) in [4.78, 5) is 0. The van der Waals surface area contributed by atoms with Crippen LogP contribution in [0.25, 0.3) is 0 Å². The third kappa shape index (κ3) is 1.81. The van der Waals surface area contributed by atoms with Crippen LogP contribution in [0.4, 0.5) is 5.82 Å². The van der Waals surface area contributed by atoms with Gasteiger partial charge < -0.3 is 11.1 Å². The van der Waals surface area contributed by atoms with Crippen LogP contribution in [0.3, 0.4) is 0 Å². The van der Waals surface area contributed by atoms with Crippen LogP contribution in [0.2, 0.25) is 0 Å². The summed E-state index contributed by atoms with van der Waals surface area (Å²) in [7, 11) is 0. The van der Waals surface area contributed by atoms with E-state index in [4.69, 9.17) is 11.1 Å². The normalized spacial score (nSPS) is 13.7. The number of hydrogen-bond acceptors (Lipinski definition) is 4. The maximum absolute atomic E-state index is 7.43. The number of thioether (sulfide) groups is 1. The van der Waals surface area contributed by atoms with E-state index >= 15 is 0 Å². The first-order chi connectivity index (χ1) is 7.24. The maximum Gasteiger partial charge on any atom is 0.215 e. The number of rotatable bonds is 3. The zero-order chi connectivity index (χ0) is 10.8. The highest BCUT2D eigenvalue weighted by molar-refractivity contribution is 7.98. The van der Waals surface area contributed by atoms with E-state index in [1.807, 2.05) is 0 Å². The summed E-state index contributed by atoms with van der Waals surface area (Å²) in [5.74, 6) is 1.95. The monoisotopic (exact) mass is 225 g/mol. The van der Waals surface area contributed by atoms with Crippen molar-refractivity contribution in [1.29, 1.82) is 5.41 Å². The first kappa shape index (κ1) is 10.4. The van der Waals surface area contributed by atoms with Gasteiger partial charge in [0.05, 0.1) is 5.69 Å². The van der Waals surface area contributed by atoms with Gasteiger partial charge in [-0.05, 0) is 18.4 Å². The fraction of sp³-hybridized carbons (Fsp3) is 0.556. The minimum absolute atomic E-state index is 0.0175. The number of hydrogen-bond donors (Lipinski definition) is 3. The molecule has 1 aliphatic heterocycles. The average molecular weight is 225 g/mol. The molecule has 2 rings (SSSR count). The highest BCUT2D eigenvalue weighted by atomic mass is 32.2. The van der Waals surface area contributed by atoms with Crippen LogP contribution in [-0.2, 0) is 12.8 Å². The summed E-state index contributed by atoms with van der Waals surface area (Å²) < 4.78 is 1.50. The van der Waals surface area contributed by atoms with Gasteiger partial charge in [-0.1, -0.05) is 0 Å². The van der Waals surface area contributed by atoms with E-state index in [0.29, 0.717) is 0 Å². The Morgan fingerprint density at radius 1 is 1.73 bits per heavy atom. The lowest BCUT2D eigenvalue weighted by molar-refractivity contribution is 0.856. The van der Waals surface area contributed by atoms with Crippen molar-refractivity contribution in [3.05, 3.63) is 11.3 Å². The topological polar surface area (TPSA) is 79.7 Å². The zero-order valence-electron chi connectivity index (χ0n) is 8.71. The lowest BCUT2D eigenvalue weighted by Crippen LogP contribution is -2.23. The van der Waals surface area contributed by atoms with Gasteiger partial charge in [0.2, 0.25) is 5.96 Å². The second kappa shape index (κ2) is 4.14. The Bertz CT molecular complexity index is 384. The standard InChI is InChI=1S/C9H15N5S/c1-15-5-3-7-6-2-4-12-8(6)14(13-7)9(10)11/h12H,2-5H2,1H3,(H3,10,11). The maximum atomic E-state index is 7.43. The van der Waals surface area contributed by atoms with Crippen LogP contribution in [0.5, 0.6) is 0 Å². The molecule has 0 radical (unpaired) electrons. The van der Waals surface area contributed by atoms with Gasteiger partial charge in [0.25, 0.3) is 0 Å². The molecule has 82 valence electrons. The second-order valence-corrected chi connectivity index (χ2v) is 4.48. The summed E-state index contributed by atoms with van der Waals surface area (Å²) in [5, 5.41) is 15.0. The summed E-state index contributed by atoms with van der Waals surface area (Å²) >= 11 is 1.80. The SMILES string of the molecule is CSCCc1nn(C(=N)N)c2c1CCN2. The predicted molar refractivity (Wildman–Crippen MR) is 63.8 cm³/mol. The third-order valence-corrected chi connectivity index (χ3v) is 3.12. The predicted octanol–water partition coefficient (Wildman–Crippen LogP) is 0.498. The van der Waals surface area contributed by atoms with Crippen LogP contribution in [0.1, 0.15) is 11.3 Å². The lowest BCUT2D eigenvalue weighted by atomic mass is 10.2. The summed E-state index contributed by atoms with van der Waals surface area (Å²) in [6, 6.07) is 0. The van der Waals surface area contributed by atoms with E-state index in [9.17, 15) is 0 Å². The molecule has 0 atom stereocenters. The molecule has 0 bridgehead atoms. The highest BCUT2D eigenvalue weighted by Crippen LogP contribution is 2.25. The van der Waals surface area contributed by atoms with Crippen molar-refractivity contribution in [2.24, 2.45) is 5.73 Å². The number of nitrogen functional groups attached to an aromatic ring is 1. The van der Waals surface area contributed by atoms with Crippen molar-refractivity contribution < 1.29 is 0 Å². The van der Waals surface area contributed by atoms with Crippen LogP contribution in [-0.4, -0.2) is 34.3 Å². The van der Waals surface area contributed by atoms with E-state index in [1.54, 1.807) is 11.8 Å². The molecule has 1 aromatic heterocycles. The van der Waals surface area contributed by atoms with Gasteiger partial charge in [-0.25, -0.2) is 0 Å². The minimum atomic E-state index is -0.0175. The average Bonchev–Trinajstić information content (AvgIpc) is 2.75. The van der Waals surface area contributed by atoms with Gasteiger partial charge in [-0.15, -0.1) is 0 Å². The summed E-state index contributed by atoms with van der Waals surface area (Å²) in [6.07, 6.45) is 4.03. The summed E-state index contributed by atoms with van der Waals surface area (Å²) in [5.41, 5.74) is 7.79. The number of fused-ring (bicyclic) bond motifs is 1. The molecule has 6 heteroatoms. The molecule has 0 amide bonds. The number of anilines is 1. The zero-order valence-corrected chi connectivity index (χ0v) is 9.52. The molecule has 0 saturated carbocycles. The molecule has 4 N–H and O–H groups in total. The molecule has 5 nitrogen and oxygen atoms in total. The molecule has 0 unspecified atom stereocenters. The second-order valence-electron chi connectivity index (χ2n) is 3.49. The van der Waals surface area contributed by atoms with Gasteiger partial charge in [0.1, 0.15) is 5.82 Å². The number of aryl methyl sites for hydroxylation is 1. The number of nitrogens with one attached hydrogen (secondary N) is 2. The molecule has 15 heavy (non-hydrogen) atoms. The Balaban J connectivity index is 2.31. The van der Waals surface area contributed by atoms with Crippen LogP contribution in [0.15, 0.2) is 0 Å². The van der Waals surface area contributed by atoms with Gasteiger partial charge in [-0.3, -0.25) is 5.41 Å². The van der Waals surface area contributed by atoms with E-state index in [-0.39, 0.29) is 5.96 Å². The largest absolute Gasteiger partial charge is 0.369 e. The molecule has 1 aromatic rings. The smallest absolute Gasteiger partial charge is 0.215 e. The molecule has 0 saturated heterocycles. The lowest BCUT2D eigenvalue weighted by Gasteiger charge is -2.02. The van der Waals surface area contributed by atoms with Crippen LogP contribution >= 0.6 is 11.8 Å². The van der Waals surface area contributed by atoms with Gasteiger partial charge in [0, 0.05) is 18.5 Å². The van der Waals surface area contributed by atoms with Crippen molar-refractivity contribution in [3.8, 4) is 0 Å². The van der Waals surface area contributed by atoms with E-state index < -0.39 is 0 Å². The van der Waals surface area contributed by atoms with Crippen molar-refractivity contribution >= 4 is 23.5 Å². The number of nitrogens with two attached hydrogens (primary N) is 1. The van der Waals surface area contributed by atoms with Crippen LogP contribution in [0, 0.1) is 5.41 Å². The summed E-state index contributed by atoms with van der Waals surface area (Å²) in [6.45, 7) is 0.923. The molecular weight excluding hydrogens is 210 g/mol. The van der Waals surface area contributed by atoms with Crippen molar-refractivity contribution in [1.82, 2.24) is 9.78 Å². The third-order valence-electron chi connectivity index (χ3n) is 2.51. The number of nitrogens with zero attached hydrogens (tertiary/aromatic N) is 2. The van der Waals surface area contributed by atoms with E-state index in [1.165, 1.54) is 10.2 Å². The molecule has 0 aliphatic carbocycles. The Kier molecular flexibility index (Phi) is 2.86. The minimum Gasteiger partial charge on any atom is -0.369 e. The Morgan fingerprint density at radius 2 is 2.53 bits per heavy atom. The molecular formula is C9H15N5S. The van der Waals surface area contributed by atoms with Gasteiger partial charge in [-0.2, -0.15) is 21.5 Å². The fourth-order valence-corrected chi connectivity index (χ4v) is 2.22. The Labute approximate surface area is 92.9 Å². The quantitative estimate of drug-likeness (QED) is 0.517. The Morgan fingerprint density at radius 3 is 3.20 bits per heavy atom. The van der Waals surface area contributed by atoms with Crippen LogP contribution < -0.4 is 11.1 Å². The molecule has 0 fully saturated rings. The molecule has 2 heterocycles. The van der Waals surface area contributed by atoms with Gasteiger partial charge >= 0.3 is 0 Å². The van der Waals surface area contributed by atoms with E-state index in [2.05, 4.69) is 16.7 Å². The molecule has 0 aromatic carbocycles. The van der Waals surface area contributed by atoms with Crippen molar-refractivity contribution in [3.63, 3.8) is 0 Å². The molecule has 1 aliphatic rings. The van der Waals surface area contributed by atoms with Crippen molar-refractivity contribution in [2.45, 2.75) is 12.8 Å². The fourth-order valence-electron chi connectivity index (χ4n) is 1.82. The molecule has 0 spiro atoms. The van der Waals surface area contributed by atoms with Crippen molar-refractivity contribution in [2.75, 3.05) is 23.9 Å². The Hall–Kier alpha value is -1.17. The first-order valence-corrected chi connectivity index (χ1v) is 6.31.